The Balaban J connectivity index is 2.71. The van der Waals surface area contributed by atoms with Crippen LogP contribution in [0.1, 0.15) is 27.2 Å². The van der Waals surface area contributed by atoms with E-state index in [0.717, 1.165) is 6.42 Å². The molecule has 1 heterocycles. The molecule has 13 heavy (non-hydrogen) atoms. The Morgan fingerprint density at radius 1 is 1.38 bits per heavy atom. The van der Waals surface area contributed by atoms with Crippen molar-refractivity contribution in [2.24, 2.45) is 0 Å². The minimum Gasteiger partial charge on any atom is -0.297 e. The van der Waals surface area contributed by atoms with Crippen LogP contribution in [-0.2, 0) is 9.84 Å². The molecular weight excluding hydrogens is 186 g/mol. The van der Waals surface area contributed by atoms with E-state index in [9.17, 15) is 8.42 Å². The fraction of sp³-hybridized carbons (Fsp3) is 1.00. The van der Waals surface area contributed by atoms with E-state index in [4.69, 9.17) is 0 Å². The van der Waals surface area contributed by atoms with E-state index in [-0.39, 0.29) is 5.25 Å². The second-order valence-electron chi connectivity index (χ2n) is 4.33. The Morgan fingerprint density at radius 3 is 2.15 bits per heavy atom. The van der Waals surface area contributed by atoms with Crippen molar-refractivity contribution in [3.05, 3.63) is 0 Å². The third-order valence-electron chi connectivity index (χ3n) is 2.85. The standard InChI is InChI=1S/C9H19NO2S/c1-7(2)10-6-9(5-8(10)3)13(4,11)12/h7-9H,5-6H2,1-4H3/t8-,9+/m1/s1. The van der Waals surface area contributed by atoms with Crippen molar-refractivity contribution in [3.63, 3.8) is 0 Å². The first kappa shape index (κ1) is 11.0. The SMILES string of the molecule is CC(C)N1C[C@@H](S(C)(=O)=O)C[C@H]1C. The summed E-state index contributed by atoms with van der Waals surface area (Å²) >= 11 is 0. The Kier molecular flexibility index (Phi) is 3.02. The monoisotopic (exact) mass is 205 g/mol. The quantitative estimate of drug-likeness (QED) is 0.672. The second kappa shape index (κ2) is 3.58. The first-order valence-electron chi connectivity index (χ1n) is 4.77. The van der Waals surface area contributed by atoms with E-state index in [1.165, 1.54) is 6.26 Å². The van der Waals surface area contributed by atoms with Crippen molar-refractivity contribution in [1.29, 1.82) is 0 Å². The van der Waals surface area contributed by atoms with Crippen LogP contribution >= 0.6 is 0 Å². The maximum absolute atomic E-state index is 11.3. The highest BCUT2D eigenvalue weighted by molar-refractivity contribution is 7.91. The van der Waals surface area contributed by atoms with Crippen molar-refractivity contribution >= 4 is 9.84 Å². The van der Waals surface area contributed by atoms with Crippen LogP contribution in [0.5, 0.6) is 0 Å². The molecule has 1 fully saturated rings. The van der Waals surface area contributed by atoms with E-state index in [2.05, 4.69) is 25.7 Å². The zero-order chi connectivity index (χ0) is 10.2. The van der Waals surface area contributed by atoms with E-state index in [0.29, 0.717) is 18.6 Å². The average molecular weight is 205 g/mol. The number of hydrogen-bond acceptors (Lipinski definition) is 3. The topological polar surface area (TPSA) is 37.4 Å². The Labute approximate surface area is 81.0 Å². The molecule has 2 atom stereocenters. The minimum atomic E-state index is -2.84. The minimum absolute atomic E-state index is 0.148. The van der Waals surface area contributed by atoms with Crippen LogP contribution in [0.4, 0.5) is 0 Å². The van der Waals surface area contributed by atoms with Crippen LogP contribution in [0.3, 0.4) is 0 Å². The van der Waals surface area contributed by atoms with Crippen molar-refractivity contribution in [1.82, 2.24) is 4.90 Å². The fourth-order valence-electron chi connectivity index (χ4n) is 2.04. The van der Waals surface area contributed by atoms with E-state index in [1.807, 2.05) is 0 Å². The highest BCUT2D eigenvalue weighted by Gasteiger charge is 2.35. The van der Waals surface area contributed by atoms with E-state index < -0.39 is 9.84 Å². The van der Waals surface area contributed by atoms with E-state index in [1.54, 1.807) is 0 Å². The summed E-state index contributed by atoms with van der Waals surface area (Å²) in [5.41, 5.74) is 0. The Bertz CT molecular complexity index is 271. The van der Waals surface area contributed by atoms with Gasteiger partial charge in [-0.15, -0.1) is 0 Å². The number of likely N-dealkylation sites (tertiary alicyclic amines) is 1. The highest BCUT2D eigenvalue weighted by Crippen LogP contribution is 2.24. The third-order valence-corrected chi connectivity index (χ3v) is 4.41. The molecule has 0 amide bonds. The number of hydrogen-bond donors (Lipinski definition) is 0. The van der Waals surface area contributed by atoms with Crippen molar-refractivity contribution in [2.45, 2.75) is 44.5 Å². The normalized spacial score (nSPS) is 31.5. The molecule has 4 heteroatoms. The summed E-state index contributed by atoms with van der Waals surface area (Å²) in [6.45, 7) is 7.03. The lowest BCUT2D eigenvalue weighted by Gasteiger charge is -2.24. The average Bonchev–Trinajstić information content (AvgIpc) is 2.29. The van der Waals surface area contributed by atoms with Gasteiger partial charge < -0.3 is 0 Å². The van der Waals surface area contributed by atoms with Crippen LogP contribution in [0.25, 0.3) is 0 Å². The molecule has 0 bridgehead atoms. The Hall–Kier alpha value is -0.0900. The zero-order valence-electron chi connectivity index (χ0n) is 8.82. The van der Waals surface area contributed by atoms with Gasteiger partial charge in [0.25, 0.3) is 0 Å². The van der Waals surface area contributed by atoms with Gasteiger partial charge in [0.05, 0.1) is 5.25 Å². The molecule has 1 saturated heterocycles. The summed E-state index contributed by atoms with van der Waals surface area (Å²) in [6, 6.07) is 0.849. The molecule has 0 aromatic heterocycles. The van der Waals surface area contributed by atoms with Crippen molar-refractivity contribution in [2.75, 3.05) is 12.8 Å². The summed E-state index contributed by atoms with van der Waals surface area (Å²) in [7, 11) is -2.84. The molecule has 0 saturated carbocycles. The van der Waals surface area contributed by atoms with Crippen LogP contribution in [0.15, 0.2) is 0 Å². The molecule has 0 radical (unpaired) electrons. The van der Waals surface area contributed by atoms with Crippen molar-refractivity contribution < 1.29 is 8.42 Å². The molecule has 3 nitrogen and oxygen atoms in total. The van der Waals surface area contributed by atoms with E-state index >= 15 is 0 Å². The first-order chi connectivity index (χ1) is 5.82. The van der Waals surface area contributed by atoms with Crippen LogP contribution in [0.2, 0.25) is 0 Å². The summed E-state index contributed by atoms with van der Waals surface area (Å²) in [5.74, 6) is 0. The van der Waals surface area contributed by atoms with Gasteiger partial charge in [-0.3, -0.25) is 4.90 Å². The third kappa shape index (κ3) is 2.44. The van der Waals surface area contributed by atoms with Gasteiger partial charge in [-0.2, -0.15) is 0 Å². The summed E-state index contributed by atoms with van der Waals surface area (Å²) in [5, 5.41) is -0.148. The molecule has 0 aromatic carbocycles. The maximum atomic E-state index is 11.3. The summed E-state index contributed by atoms with van der Waals surface area (Å²) in [4.78, 5) is 2.26. The maximum Gasteiger partial charge on any atom is 0.151 e. The van der Waals surface area contributed by atoms with Gasteiger partial charge in [-0.25, -0.2) is 8.42 Å². The fourth-order valence-corrected chi connectivity index (χ4v) is 3.11. The number of sulfone groups is 1. The molecule has 0 aliphatic carbocycles. The largest absolute Gasteiger partial charge is 0.297 e. The molecule has 0 N–H and O–H groups in total. The van der Waals surface area contributed by atoms with Gasteiger partial charge in [-0.05, 0) is 27.2 Å². The second-order valence-corrected chi connectivity index (χ2v) is 6.65. The van der Waals surface area contributed by atoms with Gasteiger partial charge >= 0.3 is 0 Å². The Morgan fingerprint density at radius 2 is 1.92 bits per heavy atom. The molecule has 0 aromatic rings. The smallest absolute Gasteiger partial charge is 0.151 e. The van der Waals surface area contributed by atoms with Crippen LogP contribution < -0.4 is 0 Å². The predicted octanol–water partition coefficient (Wildman–Crippen LogP) is 0.902. The molecule has 78 valence electrons. The molecule has 0 spiro atoms. The first-order valence-corrected chi connectivity index (χ1v) is 6.72. The van der Waals surface area contributed by atoms with Gasteiger partial charge in [0, 0.05) is 24.9 Å². The van der Waals surface area contributed by atoms with Gasteiger partial charge in [0.15, 0.2) is 9.84 Å². The lowest BCUT2D eigenvalue weighted by atomic mass is 10.2. The molecule has 1 aliphatic rings. The molecule has 0 unspecified atom stereocenters. The van der Waals surface area contributed by atoms with Crippen LogP contribution in [0, 0.1) is 0 Å². The molecular formula is C9H19NO2S. The van der Waals surface area contributed by atoms with Gasteiger partial charge in [0.1, 0.15) is 0 Å². The van der Waals surface area contributed by atoms with Crippen LogP contribution in [-0.4, -0.2) is 43.5 Å². The summed E-state index contributed by atoms with van der Waals surface area (Å²) in [6.07, 6.45) is 2.13. The van der Waals surface area contributed by atoms with Gasteiger partial charge in [0.2, 0.25) is 0 Å². The summed E-state index contributed by atoms with van der Waals surface area (Å²) < 4.78 is 22.6. The van der Waals surface area contributed by atoms with Gasteiger partial charge in [-0.1, -0.05) is 0 Å². The van der Waals surface area contributed by atoms with Crippen molar-refractivity contribution in [3.8, 4) is 0 Å². The number of rotatable bonds is 2. The predicted molar refractivity (Wildman–Crippen MR) is 54.6 cm³/mol. The number of nitrogens with zero attached hydrogens (tertiary/aromatic N) is 1. The lowest BCUT2D eigenvalue weighted by molar-refractivity contribution is 0.216. The zero-order valence-corrected chi connectivity index (χ0v) is 9.63. The molecule has 1 aliphatic heterocycles. The molecule has 1 rings (SSSR count). The lowest BCUT2D eigenvalue weighted by Crippen LogP contribution is -2.34. The highest BCUT2D eigenvalue weighted by atomic mass is 32.2.